The maximum Gasteiger partial charge on any atom is 0.269 e. The van der Waals surface area contributed by atoms with E-state index in [0.29, 0.717) is 16.9 Å². The highest BCUT2D eigenvalue weighted by molar-refractivity contribution is 6.04. The summed E-state index contributed by atoms with van der Waals surface area (Å²) in [4.78, 5) is 36.1. The van der Waals surface area contributed by atoms with E-state index in [1.54, 1.807) is 31.4 Å². The average molecular weight is 460 g/mol. The second-order valence-corrected chi connectivity index (χ2v) is 8.31. The molecule has 0 heterocycles. The largest absolute Gasteiger partial charge is 0.497 e. The van der Waals surface area contributed by atoms with Crippen LogP contribution in [0.1, 0.15) is 41.6 Å². The zero-order valence-electron chi connectivity index (χ0n) is 18.7. The minimum absolute atomic E-state index is 0.0437. The Kier molecular flexibility index (Phi) is 6.58. The molecule has 174 valence electrons. The average Bonchev–Trinajstić information content (AvgIpc) is 3.36. The summed E-state index contributed by atoms with van der Waals surface area (Å²) in [6.45, 7) is 0. The van der Waals surface area contributed by atoms with Crippen molar-refractivity contribution in [2.75, 3.05) is 17.7 Å². The van der Waals surface area contributed by atoms with Crippen molar-refractivity contribution in [3.8, 4) is 5.75 Å². The number of carbonyl (C=O) groups is 2. The number of ether oxygens (including phenoxy) is 1. The highest BCUT2D eigenvalue weighted by Gasteiger charge is 2.42. The van der Waals surface area contributed by atoms with Gasteiger partial charge in [0.2, 0.25) is 5.91 Å². The molecule has 1 saturated carbocycles. The second-order valence-electron chi connectivity index (χ2n) is 8.31. The van der Waals surface area contributed by atoms with Gasteiger partial charge in [-0.2, -0.15) is 0 Å². The van der Waals surface area contributed by atoms with Crippen LogP contribution in [0.2, 0.25) is 0 Å². The molecule has 1 aliphatic rings. The van der Waals surface area contributed by atoms with Gasteiger partial charge in [0.1, 0.15) is 5.75 Å². The van der Waals surface area contributed by atoms with Crippen molar-refractivity contribution in [1.29, 1.82) is 0 Å². The number of anilines is 2. The Morgan fingerprint density at radius 2 is 1.41 bits per heavy atom. The fraction of sp³-hybridized carbons (Fsp3) is 0.231. The third kappa shape index (κ3) is 4.76. The van der Waals surface area contributed by atoms with Crippen molar-refractivity contribution in [3.05, 3.63) is 94.0 Å². The minimum atomic E-state index is -0.624. The number of benzene rings is 3. The third-order valence-electron chi connectivity index (χ3n) is 6.28. The quantitative estimate of drug-likeness (QED) is 0.368. The molecule has 0 aliphatic heterocycles. The summed E-state index contributed by atoms with van der Waals surface area (Å²) in [6, 6.07) is 20.0. The van der Waals surface area contributed by atoms with Crippen molar-refractivity contribution in [1.82, 2.24) is 0 Å². The standard InChI is InChI=1S/C26H25N3O5/c1-34-23-14-10-21(11-15-23)28-25(31)26(16-2-3-17-26)19-6-8-20(9-7-19)27-24(30)18-4-12-22(13-5-18)29(32)33/h4-15H,2-3,16-17H2,1H3,(H,27,30)(H,28,31). The molecule has 3 aromatic carbocycles. The molecule has 1 aliphatic carbocycles. The smallest absolute Gasteiger partial charge is 0.269 e. The molecule has 34 heavy (non-hydrogen) atoms. The van der Waals surface area contributed by atoms with Crippen molar-refractivity contribution in [2.24, 2.45) is 0 Å². The van der Waals surface area contributed by atoms with E-state index in [-0.39, 0.29) is 17.5 Å². The van der Waals surface area contributed by atoms with Crippen LogP contribution in [0, 0.1) is 10.1 Å². The molecule has 0 spiro atoms. The molecule has 4 rings (SSSR count). The van der Waals surface area contributed by atoms with E-state index < -0.39 is 10.3 Å². The first-order valence-corrected chi connectivity index (χ1v) is 11.0. The van der Waals surface area contributed by atoms with Gasteiger partial charge < -0.3 is 15.4 Å². The van der Waals surface area contributed by atoms with Crippen LogP contribution in [0.5, 0.6) is 5.75 Å². The maximum atomic E-state index is 13.4. The number of nitrogens with one attached hydrogen (secondary N) is 2. The van der Waals surface area contributed by atoms with Gasteiger partial charge in [0.25, 0.3) is 11.6 Å². The lowest BCUT2D eigenvalue weighted by molar-refractivity contribution is -0.384. The first-order chi connectivity index (χ1) is 16.4. The fourth-order valence-electron chi connectivity index (χ4n) is 4.36. The van der Waals surface area contributed by atoms with Crippen LogP contribution in [0.15, 0.2) is 72.8 Å². The number of rotatable bonds is 7. The van der Waals surface area contributed by atoms with E-state index >= 15 is 0 Å². The Balaban J connectivity index is 1.48. The van der Waals surface area contributed by atoms with Gasteiger partial charge in [-0.05, 0) is 66.9 Å². The predicted octanol–water partition coefficient (Wildman–Crippen LogP) is 5.31. The van der Waals surface area contributed by atoms with Crippen LogP contribution >= 0.6 is 0 Å². The van der Waals surface area contributed by atoms with E-state index in [4.69, 9.17) is 4.74 Å². The SMILES string of the molecule is COc1ccc(NC(=O)C2(c3ccc(NC(=O)c4ccc([N+](=O)[O-])cc4)cc3)CCCC2)cc1. The molecule has 8 heteroatoms. The van der Waals surface area contributed by atoms with Gasteiger partial charge in [-0.25, -0.2) is 0 Å². The summed E-state index contributed by atoms with van der Waals surface area (Å²) in [5.74, 6) is 0.313. The Labute approximate surface area is 197 Å². The van der Waals surface area contributed by atoms with Crippen LogP contribution in [0.3, 0.4) is 0 Å². The van der Waals surface area contributed by atoms with E-state index in [9.17, 15) is 19.7 Å². The second kappa shape index (κ2) is 9.74. The van der Waals surface area contributed by atoms with E-state index in [0.717, 1.165) is 37.0 Å². The number of nitro benzene ring substituents is 1. The van der Waals surface area contributed by atoms with Gasteiger partial charge in [0, 0.05) is 29.1 Å². The summed E-state index contributed by atoms with van der Waals surface area (Å²) >= 11 is 0. The molecule has 0 saturated heterocycles. The van der Waals surface area contributed by atoms with E-state index in [2.05, 4.69) is 10.6 Å². The number of amides is 2. The number of hydrogen-bond acceptors (Lipinski definition) is 5. The van der Waals surface area contributed by atoms with Crippen LogP contribution in [-0.4, -0.2) is 23.8 Å². The lowest BCUT2D eigenvalue weighted by Gasteiger charge is -2.28. The topological polar surface area (TPSA) is 111 Å². The first-order valence-electron chi connectivity index (χ1n) is 11.0. The van der Waals surface area contributed by atoms with Gasteiger partial charge in [-0.3, -0.25) is 19.7 Å². The monoisotopic (exact) mass is 459 g/mol. The Bertz CT molecular complexity index is 1180. The van der Waals surface area contributed by atoms with Crippen LogP contribution in [-0.2, 0) is 10.2 Å². The number of nitrogens with zero attached hydrogens (tertiary/aromatic N) is 1. The number of methoxy groups -OCH3 is 1. The normalized spacial score (nSPS) is 14.3. The van der Waals surface area contributed by atoms with Crippen molar-refractivity contribution in [3.63, 3.8) is 0 Å². The minimum Gasteiger partial charge on any atom is -0.497 e. The molecule has 3 aromatic rings. The number of non-ortho nitro benzene ring substituents is 1. The van der Waals surface area contributed by atoms with Gasteiger partial charge >= 0.3 is 0 Å². The van der Waals surface area contributed by atoms with Gasteiger partial charge in [0.15, 0.2) is 0 Å². The fourth-order valence-corrected chi connectivity index (χ4v) is 4.36. The zero-order chi connectivity index (χ0) is 24.1. The molecule has 0 radical (unpaired) electrons. The third-order valence-corrected chi connectivity index (χ3v) is 6.28. The molecule has 2 amide bonds. The molecule has 0 bridgehead atoms. The number of hydrogen-bond donors (Lipinski definition) is 2. The summed E-state index contributed by atoms with van der Waals surface area (Å²) < 4.78 is 5.17. The number of nitro groups is 1. The molecule has 1 fully saturated rings. The highest BCUT2D eigenvalue weighted by Crippen LogP contribution is 2.42. The summed E-state index contributed by atoms with van der Waals surface area (Å²) in [6.07, 6.45) is 3.44. The van der Waals surface area contributed by atoms with E-state index in [1.807, 2.05) is 24.3 Å². The predicted molar refractivity (Wildman–Crippen MR) is 129 cm³/mol. The number of carbonyl (C=O) groups excluding carboxylic acids is 2. The summed E-state index contributed by atoms with van der Waals surface area (Å²) in [7, 11) is 1.60. The zero-order valence-corrected chi connectivity index (χ0v) is 18.7. The molecule has 0 aromatic heterocycles. The molecule has 0 atom stereocenters. The van der Waals surface area contributed by atoms with Crippen LogP contribution in [0.4, 0.5) is 17.1 Å². The molecule has 8 nitrogen and oxygen atoms in total. The Morgan fingerprint density at radius 3 is 1.97 bits per heavy atom. The van der Waals surface area contributed by atoms with Crippen molar-refractivity contribution < 1.29 is 19.2 Å². The van der Waals surface area contributed by atoms with Gasteiger partial charge in [-0.1, -0.05) is 25.0 Å². The van der Waals surface area contributed by atoms with Crippen molar-refractivity contribution >= 4 is 28.9 Å². The van der Waals surface area contributed by atoms with Gasteiger partial charge in [-0.15, -0.1) is 0 Å². The van der Waals surface area contributed by atoms with Crippen molar-refractivity contribution in [2.45, 2.75) is 31.1 Å². The lowest BCUT2D eigenvalue weighted by atomic mass is 9.78. The Hall–Kier alpha value is -4.20. The summed E-state index contributed by atoms with van der Waals surface area (Å²) in [5.41, 5.74) is 1.82. The highest BCUT2D eigenvalue weighted by atomic mass is 16.6. The molecular weight excluding hydrogens is 434 g/mol. The van der Waals surface area contributed by atoms with Crippen LogP contribution in [0.25, 0.3) is 0 Å². The maximum absolute atomic E-state index is 13.4. The van der Waals surface area contributed by atoms with Gasteiger partial charge in [0.05, 0.1) is 17.4 Å². The molecule has 2 N–H and O–H groups in total. The molecular formula is C26H25N3O5. The Morgan fingerprint density at radius 1 is 0.853 bits per heavy atom. The lowest BCUT2D eigenvalue weighted by Crippen LogP contribution is -2.38. The van der Waals surface area contributed by atoms with E-state index in [1.165, 1.54) is 24.3 Å². The molecule has 0 unspecified atom stereocenters. The van der Waals surface area contributed by atoms with Crippen LogP contribution < -0.4 is 15.4 Å². The first kappa shape index (κ1) is 23.0. The summed E-state index contributed by atoms with van der Waals surface area (Å²) in [5, 5.41) is 16.6.